The van der Waals surface area contributed by atoms with Crippen LogP contribution in [0.5, 0.6) is 5.88 Å². The van der Waals surface area contributed by atoms with Crippen molar-refractivity contribution in [1.82, 2.24) is 15.3 Å². The number of allylic oxidation sites excluding steroid dienone is 1. The lowest BCUT2D eigenvalue weighted by molar-refractivity contribution is -0.198. The molecule has 0 radical (unpaired) electrons. The minimum absolute atomic E-state index is 0.0312. The molecule has 0 bridgehead atoms. The van der Waals surface area contributed by atoms with Crippen LogP contribution in [-0.2, 0) is 14.6 Å². The standard InChI is InChI=1S/C31H34F3N5O5S/c1-3-5-19-8-9-22(20-6-4-7-21(15-20)45(2,42)43)23(14-19)27(31(32,33)34)44-26-16-25(37-29(35)38-26)39-12-10-30(11-13-39)17-24(28(40)41)36-18-30/h3-9,14-16,24,27,36H,10-13,17-18H2,1-2H3,(H,40,41)(H2,35,37,38)/b5-3+/t24?,27-/m1/s1. The third-order valence-electron chi connectivity index (χ3n) is 8.34. The first-order valence-corrected chi connectivity index (χ1v) is 16.2. The summed E-state index contributed by atoms with van der Waals surface area (Å²) < 4.78 is 74.5. The highest BCUT2D eigenvalue weighted by Gasteiger charge is 2.46. The number of piperidine rings is 1. The summed E-state index contributed by atoms with van der Waals surface area (Å²) >= 11 is 0. The largest absolute Gasteiger partial charge is 0.480 e. The molecular weight excluding hydrogens is 611 g/mol. The van der Waals surface area contributed by atoms with E-state index in [1.165, 1.54) is 36.4 Å². The molecule has 45 heavy (non-hydrogen) atoms. The first kappa shape index (κ1) is 32.2. The van der Waals surface area contributed by atoms with Crippen LogP contribution in [0.1, 0.15) is 43.4 Å². The highest BCUT2D eigenvalue weighted by atomic mass is 32.2. The highest BCUT2D eigenvalue weighted by Crippen LogP contribution is 2.43. The molecule has 3 heterocycles. The zero-order chi connectivity index (χ0) is 32.6. The number of nitrogens with zero attached hydrogens (tertiary/aromatic N) is 3. The summed E-state index contributed by atoms with van der Waals surface area (Å²) in [5.41, 5.74) is 6.44. The Morgan fingerprint density at radius 1 is 1.18 bits per heavy atom. The maximum absolute atomic E-state index is 14.8. The molecule has 240 valence electrons. The molecule has 0 saturated carbocycles. The van der Waals surface area contributed by atoms with Gasteiger partial charge in [0, 0.05) is 37.5 Å². The van der Waals surface area contributed by atoms with Gasteiger partial charge in [-0.2, -0.15) is 23.1 Å². The summed E-state index contributed by atoms with van der Waals surface area (Å²) in [5.74, 6) is -1.22. The number of nitrogens with two attached hydrogens (primary N) is 1. The van der Waals surface area contributed by atoms with Crippen molar-refractivity contribution < 1.29 is 36.2 Å². The number of nitrogens with one attached hydrogen (secondary N) is 1. The minimum atomic E-state index is -4.90. The summed E-state index contributed by atoms with van der Waals surface area (Å²) in [6, 6.07) is 10.9. The van der Waals surface area contributed by atoms with E-state index in [1.807, 2.05) is 4.90 Å². The Hall–Kier alpha value is -4.17. The van der Waals surface area contributed by atoms with Gasteiger partial charge in [0.15, 0.2) is 9.84 Å². The number of carboxylic acid groups (broad SMARTS) is 1. The SMILES string of the molecule is C/C=C/c1ccc(-c2cccc(S(C)(=O)=O)c2)c([C@@H](Oc2cc(N3CCC4(CC3)CNC(C(=O)O)C4)nc(N)n2)C(F)(F)F)c1. The molecule has 14 heteroatoms. The predicted octanol–water partition coefficient (Wildman–Crippen LogP) is 4.88. The van der Waals surface area contributed by atoms with Crippen LogP contribution in [0.15, 0.2) is 59.5 Å². The van der Waals surface area contributed by atoms with Crippen molar-refractivity contribution >= 4 is 33.6 Å². The summed E-state index contributed by atoms with van der Waals surface area (Å²) in [6.07, 6.45) is -1.17. The lowest BCUT2D eigenvalue weighted by atomic mass is 9.76. The number of ether oxygens (including phenoxy) is 1. The first-order chi connectivity index (χ1) is 21.2. The van der Waals surface area contributed by atoms with Gasteiger partial charge in [-0.15, -0.1) is 0 Å². The molecule has 1 spiro atoms. The van der Waals surface area contributed by atoms with Crippen molar-refractivity contribution in [3.05, 3.63) is 65.7 Å². The minimum Gasteiger partial charge on any atom is -0.480 e. The van der Waals surface area contributed by atoms with E-state index in [4.69, 9.17) is 10.5 Å². The van der Waals surface area contributed by atoms with Crippen molar-refractivity contribution in [3.8, 4) is 17.0 Å². The van der Waals surface area contributed by atoms with Gasteiger partial charge in [0.1, 0.15) is 11.9 Å². The summed E-state index contributed by atoms with van der Waals surface area (Å²) in [6.45, 7) is 3.31. The topological polar surface area (TPSA) is 148 Å². The van der Waals surface area contributed by atoms with Crippen molar-refractivity contribution in [2.45, 2.75) is 49.4 Å². The number of hydrogen-bond acceptors (Lipinski definition) is 9. The molecule has 0 aliphatic carbocycles. The maximum atomic E-state index is 14.8. The van der Waals surface area contributed by atoms with E-state index in [0.717, 1.165) is 6.26 Å². The van der Waals surface area contributed by atoms with Gasteiger partial charge in [-0.1, -0.05) is 36.4 Å². The summed E-state index contributed by atoms with van der Waals surface area (Å²) in [7, 11) is -3.62. The zero-order valence-electron chi connectivity index (χ0n) is 24.7. The van der Waals surface area contributed by atoms with E-state index in [1.54, 1.807) is 31.2 Å². The van der Waals surface area contributed by atoms with Gasteiger partial charge in [-0.05, 0) is 66.5 Å². The number of rotatable bonds is 8. The second-order valence-corrected chi connectivity index (χ2v) is 13.6. The molecule has 4 N–H and O–H groups in total. The van der Waals surface area contributed by atoms with E-state index in [0.29, 0.717) is 50.3 Å². The molecule has 1 unspecified atom stereocenters. The Balaban J connectivity index is 1.48. The number of anilines is 2. The number of alkyl halides is 3. The highest BCUT2D eigenvalue weighted by molar-refractivity contribution is 7.90. The predicted molar refractivity (Wildman–Crippen MR) is 163 cm³/mol. The lowest BCUT2D eigenvalue weighted by Gasteiger charge is -2.39. The van der Waals surface area contributed by atoms with E-state index in [-0.39, 0.29) is 38.8 Å². The lowest BCUT2D eigenvalue weighted by Crippen LogP contribution is -2.41. The van der Waals surface area contributed by atoms with Gasteiger partial charge in [0.25, 0.3) is 0 Å². The number of halogens is 3. The van der Waals surface area contributed by atoms with Crippen LogP contribution in [0.3, 0.4) is 0 Å². The second kappa shape index (κ2) is 12.3. The first-order valence-electron chi connectivity index (χ1n) is 14.3. The van der Waals surface area contributed by atoms with E-state index in [9.17, 15) is 31.5 Å². The number of aliphatic carboxylic acids is 1. The monoisotopic (exact) mass is 645 g/mol. The van der Waals surface area contributed by atoms with Gasteiger partial charge in [0.2, 0.25) is 17.9 Å². The van der Waals surface area contributed by atoms with Gasteiger partial charge in [0.05, 0.1) is 4.90 Å². The molecule has 3 aromatic rings. The van der Waals surface area contributed by atoms with Gasteiger partial charge in [-0.25, -0.2) is 8.42 Å². The number of aromatic nitrogens is 2. The Morgan fingerprint density at radius 3 is 2.53 bits per heavy atom. The Morgan fingerprint density at radius 2 is 1.91 bits per heavy atom. The van der Waals surface area contributed by atoms with Crippen molar-refractivity contribution in [2.75, 3.05) is 36.5 Å². The van der Waals surface area contributed by atoms with Crippen LogP contribution in [0.4, 0.5) is 24.9 Å². The van der Waals surface area contributed by atoms with E-state index in [2.05, 4.69) is 15.3 Å². The number of benzene rings is 2. The molecule has 2 aromatic carbocycles. The molecule has 2 fully saturated rings. The van der Waals surface area contributed by atoms with Gasteiger partial charge in [-0.3, -0.25) is 4.79 Å². The van der Waals surface area contributed by atoms with Crippen LogP contribution in [-0.4, -0.2) is 67.6 Å². The Bertz CT molecular complexity index is 1720. The maximum Gasteiger partial charge on any atom is 0.429 e. The van der Waals surface area contributed by atoms with E-state index < -0.39 is 34.1 Å². The van der Waals surface area contributed by atoms with Crippen LogP contribution in [0.25, 0.3) is 17.2 Å². The average Bonchev–Trinajstić information content (AvgIpc) is 3.39. The summed E-state index contributed by atoms with van der Waals surface area (Å²) in [5, 5.41) is 12.4. The quantitative estimate of drug-likeness (QED) is 0.310. The number of nitrogen functional groups attached to an aromatic ring is 1. The Labute approximate surface area is 259 Å². The van der Waals surface area contributed by atoms with Crippen LogP contribution < -0.4 is 20.7 Å². The zero-order valence-corrected chi connectivity index (χ0v) is 25.5. The van der Waals surface area contributed by atoms with Crippen molar-refractivity contribution in [2.24, 2.45) is 5.41 Å². The number of carbonyl (C=O) groups is 1. The smallest absolute Gasteiger partial charge is 0.429 e. The average molecular weight is 646 g/mol. The van der Waals surface area contributed by atoms with Crippen molar-refractivity contribution in [1.29, 1.82) is 0 Å². The second-order valence-electron chi connectivity index (χ2n) is 11.6. The van der Waals surface area contributed by atoms with Crippen LogP contribution in [0.2, 0.25) is 0 Å². The molecule has 5 rings (SSSR count). The van der Waals surface area contributed by atoms with Gasteiger partial charge >= 0.3 is 12.1 Å². The van der Waals surface area contributed by atoms with Gasteiger partial charge < -0.3 is 25.8 Å². The van der Waals surface area contributed by atoms with Crippen LogP contribution in [0, 0.1) is 5.41 Å². The third-order valence-corrected chi connectivity index (χ3v) is 9.45. The van der Waals surface area contributed by atoms with Crippen molar-refractivity contribution in [3.63, 3.8) is 0 Å². The van der Waals surface area contributed by atoms with E-state index >= 15 is 0 Å². The third kappa shape index (κ3) is 7.22. The molecule has 0 amide bonds. The fraction of sp³-hybridized carbons (Fsp3) is 0.387. The molecule has 2 aliphatic rings. The molecule has 1 aromatic heterocycles. The molecule has 2 aliphatic heterocycles. The fourth-order valence-corrected chi connectivity index (χ4v) is 6.68. The Kier molecular flexibility index (Phi) is 8.82. The number of hydrogen-bond donors (Lipinski definition) is 3. The number of sulfone groups is 1. The molecule has 2 saturated heterocycles. The molecular formula is C31H34F3N5O5S. The molecule has 2 atom stereocenters. The summed E-state index contributed by atoms with van der Waals surface area (Å²) in [4.78, 5) is 21.5. The molecule has 10 nitrogen and oxygen atoms in total. The normalized spacial score (nSPS) is 19.2. The van der Waals surface area contributed by atoms with Crippen LogP contribution >= 0.6 is 0 Å². The fourth-order valence-electron chi connectivity index (χ4n) is 6.01. The number of carboxylic acids is 1.